The molecule has 1 rings (SSSR count). The zero-order chi connectivity index (χ0) is 11.1. The highest BCUT2D eigenvalue weighted by Gasteiger charge is 2.05. The summed E-state index contributed by atoms with van der Waals surface area (Å²) in [6.45, 7) is 2.61. The van der Waals surface area contributed by atoms with Gasteiger partial charge >= 0.3 is 6.01 Å². The maximum absolute atomic E-state index is 8.62. The van der Waals surface area contributed by atoms with E-state index in [1.807, 2.05) is 6.92 Å². The summed E-state index contributed by atoms with van der Waals surface area (Å²) in [6.07, 6.45) is 0. The Labute approximate surface area is 86.9 Å². The number of hydrogen-bond donors (Lipinski definition) is 4. The van der Waals surface area contributed by atoms with E-state index in [4.69, 9.17) is 15.7 Å². The van der Waals surface area contributed by atoms with Gasteiger partial charge in [0.2, 0.25) is 11.9 Å². The van der Waals surface area contributed by atoms with Crippen LogP contribution in [0.25, 0.3) is 0 Å². The van der Waals surface area contributed by atoms with Crippen LogP contribution in [0.5, 0.6) is 6.01 Å². The Bertz CT molecular complexity index is 308. The molecular formula is C7H14N6O2. The minimum atomic E-state index is -0.0129. The van der Waals surface area contributed by atoms with Gasteiger partial charge in [0.15, 0.2) is 0 Å². The second-order valence-corrected chi connectivity index (χ2v) is 2.49. The van der Waals surface area contributed by atoms with Crippen LogP contribution in [0.15, 0.2) is 0 Å². The minimum Gasteiger partial charge on any atom is -0.464 e. The molecule has 0 amide bonds. The number of aliphatic hydroxyl groups is 1. The minimum absolute atomic E-state index is 0.0129. The van der Waals surface area contributed by atoms with Gasteiger partial charge in [-0.3, -0.25) is 5.43 Å². The summed E-state index contributed by atoms with van der Waals surface area (Å²) in [7, 11) is 0. The van der Waals surface area contributed by atoms with Gasteiger partial charge in [-0.25, -0.2) is 5.84 Å². The molecule has 0 radical (unpaired) electrons. The van der Waals surface area contributed by atoms with Crippen molar-refractivity contribution in [1.29, 1.82) is 0 Å². The Kier molecular flexibility index (Phi) is 4.51. The van der Waals surface area contributed by atoms with Crippen LogP contribution < -0.4 is 21.3 Å². The Morgan fingerprint density at radius 1 is 1.33 bits per heavy atom. The number of nitrogens with zero attached hydrogens (tertiary/aromatic N) is 3. The second-order valence-electron chi connectivity index (χ2n) is 2.49. The number of hydrazine groups is 1. The van der Waals surface area contributed by atoms with E-state index in [2.05, 4.69) is 25.7 Å². The molecule has 84 valence electrons. The van der Waals surface area contributed by atoms with E-state index in [1.165, 1.54) is 0 Å². The quantitative estimate of drug-likeness (QED) is 0.350. The van der Waals surface area contributed by atoms with Gasteiger partial charge in [0.25, 0.3) is 0 Å². The van der Waals surface area contributed by atoms with E-state index in [9.17, 15) is 0 Å². The van der Waals surface area contributed by atoms with Gasteiger partial charge in [-0.15, -0.1) is 0 Å². The van der Waals surface area contributed by atoms with Crippen LogP contribution in [0.3, 0.4) is 0 Å². The standard InChI is InChI=1S/C7H14N6O2/c1-2-15-7-11-5(9-3-4-14)10-6(12-7)13-8/h14H,2-4,8H2,1H3,(H2,9,10,11,12,13). The fourth-order valence-corrected chi connectivity index (χ4v) is 0.861. The molecule has 15 heavy (non-hydrogen) atoms. The SMILES string of the molecule is CCOc1nc(NN)nc(NCCO)n1. The average Bonchev–Trinajstić information content (AvgIpc) is 2.26. The Hall–Kier alpha value is -1.67. The molecule has 0 aromatic carbocycles. The van der Waals surface area contributed by atoms with Crippen molar-refractivity contribution in [3.63, 3.8) is 0 Å². The molecular weight excluding hydrogens is 200 g/mol. The lowest BCUT2D eigenvalue weighted by atomic mass is 10.7. The first-order chi connectivity index (χ1) is 7.30. The number of nitrogens with two attached hydrogens (primary N) is 1. The van der Waals surface area contributed by atoms with Gasteiger partial charge in [0.1, 0.15) is 0 Å². The largest absolute Gasteiger partial charge is 0.464 e. The maximum atomic E-state index is 8.62. The van der Waals surface area contributed by atoms with Gasteiger partial charge in [-0.1, -0.05) is 0 Å². The monoisotopic (exact) mass is 214 g/mol. The molecule has 8 nitrogen and oxygen atoms in total. The van der Waals surface area contributed by atoms with E-state index >= 15 is 0 Å². The van der Waals surface area contributed by atoms with Crippen LogP contribution in [0.4, 0.5) is 11.9 Å². The summed E-state index contributed by atoms with van der Waals surface area (Å²) in [6, 6.07) is 0.181. The van der Waals surface area contributed by atoms with Gasteiger partial charge < -0.3 is 15.2 Å². The molecule has 0 fully saturated rings. The average molecular weight is 214 g/mol. The molecule has 8 heteroatoms. The van der Waals surface area contributed by atoms with E-state index in [1.54, 1.807) is 0 Å². The zero-order valence-electron chi connectivity index (χ0n) is 8.40. The molecule has 0 aliphatic heterocycles. The number of hydrogen-bond acceptors (Lipinski definition) is 8. The molecule has 0 unspecified atom stereocenters. The highest BCUT2D eigenvalue weighted by molar-refractivity contribution is 5.34. The number of ether oxygens (including phenoxy) is 1. The van der Waals surface area contributed by atoms with Gasteiger partial charge in [-0.05, 0) is 6.92 Å². The summed E-state index contributed by atoms with van der Waals surface area (Å²) in [5, 5.41) is 11.4. The molecule has 0 atom stereocenters. The summed E-state index contributed by atoms with van der Waals surface area (Å²) in [5.41, 5.74) is 2.30. The third-order valence-corrected chi connectivity index (χ3v) is 1.41. The summed E-state index contributed by atoms with van der Waals surface area (Å²) < 4.78 is 5.11. The first-order valence-electron chi connectivity index (χ1n) is 4.50. The number of nitrogens with one attached hydrogen (secondary N) is 2. The van der Waals surface area contributed by atoms with Crippen molar-refractivity contribution in [3.05, 3.63) is 0 Å². The first-order valence-corrected chi connectivity index (χ1v) is 4.50. The Morgan fingerprint density at radius 3 is 2.67 bits per heavy atom. The molecule has 0 saturated heterocycles. The third kappa shape index (κ3) is 3.52. The highest BCUT2D eigenvalue weighted by Crippen LogP contribution is 2.09. The first kappa shape index (κ1) is 11.4. The normalized spacial score (nSPS) is 9.80. The van der Waals surface area contributed by atoms with Crippen molar-refractivity contribution in [2.75, 3.05) is 30.5 Å². The molecule has 0 aliphatic carbocycles. The summed E-state index contributed by atoms with van der Waals surface area (Å²) >= 11 is 0. The molecule has 0 spiro atoms. The Balaban J connectivity index is 2.79. The van der Waals surface area contributed by atoms with Crippen LogP contribution in [-0.2, 0) is 0 Å². The number of rotatable bonds is 6. The molecule has 0 bridgehead atoms. The van der Waals surface area contributed by atoms with E-state index in [0.29, 0.717) is 19.1 Å². The van der Waals surface area contributed by atoms with Crippen molar-refractivity contribution >= 4 is 11.9 Å². The van der Waals surface area contributed by atoms with Crippen molar-refractivity contribution in [2.24, 2.45) is 5.84 Å². The predicted octanol–water partition coefficient (Wildman–Crippen LogP) is -1.04. The van der Waals surface area contributed by atoms with Crippen LogP contribution in [0, 0.1) is 0 Å². The number of aliphatic hydroxyl groups excluding tert-OH is 1. The lowest BCUT2D eigenvalue weighted by Gasteiger charge is -2.07. The summed E-state index contributed by atoms with van der Waals surface area (Å²) in [5.74, 6) is 5.68. The molecule has 0 aliphatic rings. The molecule has 5 N–H and O–H groups in total. The third-order valence-electron chi connectivity index (χ3n) is 1.41. The zero-order valence-corrected chi connectivity index (χ0v) is 8.40. The fraction of sp³-hybridized carbons (Fsp3) is 0.571. The lowest BCUT2D eigenvalue weighted by Crippen LogP contribution is -2.15. The Morgan fingerprint density at radius 2 is 2.07 bits per heavy atom. The number of anilines is 2. The van der Waals surface area contributed by atoms with Crippen LogP contribution in [0.1, 0.15) is 6.92 Å². The van der Waals surface area contributed by atoms with Crippen molar-refractivity contribution in [2.45, 2.75) is 6.92 Å². The van der Waals surface area contributed by atoms with Crippen molar-refractivity contribution in [3.8, 4) is 6.01 Å². The lowest BCUT2D eigenvalue weighted by molar-refractivity contribution is 0.307. The van der Waals surface area contributed by atoms with Crippen LogP contribution >= 0.6 is 0 Å². The van der Waals surface area contributed by atoms with Crippen LogP contribution in [0.2, 0.25) is 0 Å². The molecule has 1 aromatic rings. The maximum Gasteiger partial charge on any atom is 0.323 e. The fourth-order valence-electron chi connectivity index (χ4n) is 0.861. The van der Waals surface area contributed by atoms with Crippen LogP contribution in [-0.4, -0.2) is 39.8 Å². The van der Waals surface area contributed by atoms with Gasteiger partial charge in [0, 0.05) is 6.54 Å². The van der Waals surface area contributed by atoms with E-state index in [-0.39, 0.29) is 18.6 Å². The van der Waals surface area contributed by atoms with Gasteiger partial charge in [-0.2, -0.15) is 15.0 Å². The smallest absolute Gasteiger partial charge is 0.323 e. The summed E-state index contributed by atoms with van der Waals surface area (Å²) in [4.78, 5) is 11.7. The van der Waals surface area contributed by atoms with E-state index < -0.39 is 0 Å². The topological polar surface area (TPSA) is 118 Å². The predicted molar refractivity (Wildman–Crippen MR) is 54.4 cm³/mol. The number of nitrogen functional groups attached to an aromatic ring is 1. The molecule has 1 heterocycles. The molecule has 0 saturated carbocycles. The van der Waals surface area contributed by atoms with Gasteiger partial charge in [0.05, 0.1) is 13.2 Å². The number of aromatic nitrogens is 3. The molecule has 1 aromatic heterocycles. The second kappa shape index (κ2) is 5.94. The van der Waals surface area contributed by atoms with E-state index in [0.717, 1.165) is 0 Å². The highest BCUT2D eigenvalue weighted by atomic mass is 16.5. The van der Waals surface area contributed by atoms with Crippen molar-refractivity contribution in [1.82, 2.24) is 15.0 Å². The van der Waals surface area contributed by atoms with Crippen molar-refractivity contribution < 1.29 is 9.84 Å².